The average molecular weight is 633 g/mol. The summed E-state index contributed by atoms with van der Waals surface area (Å²) in [6.45, 7) is 0.855. The number of benzene rings is 1. The lowest BCUT2D eigenvalue weighted by atomic mass is 9.92. The van der Waals surface area contributed by atoms with Gasteiger partial charge in [0.2, 0.25) is 17.7 Å². The van der Waals surface area contributed by atoms with Crippen molar-refractivity contribution in [2.75, 3.05) is 19.6 Å². The fourth-order valence-corrected chi connectivity index (χ4v) is 4.02. The van der Waals surface area contributed by atoms with E-state index in [1.165, 1.54) is 0 Å². The van der Waals surface area contributed by atoms with E-state index in [0.717, 1.165) is 12.8 Å². The molecule has 1 aromatic carbocycles. The first-order chi connectivity index (χ1) is 20.5. The Bertz CT molecular complexity index is 1180. The number of amides is 3. The van der Waals surface area contributed by atoms with Crippen molar-refractivity contribution < 1.29 is 57.3 Å². The molecular weight excluding hydrogens is 597 g/mol. The van der Waals surface area contributed by atoms with Crippen molar-refractivity contribution in [3.05, 3.63) is 35.9 Å². The van der Waals surface area contributed by atoms with Crippen LogP contribution in [0.15, 0.2) is 30.3 Å². The lowest BCUT2D eigenvalue weighted by Crippen LogP contribution is -2.54. The molecule has 0 bridgehead atoms. The number of nitrogens with one attached hydrogen (secondary N) is 4. The number of nitrogens with zero attached hydrogens (tertiary/aromatic N) is 1. The standard InChI is InChI=1S/C24H34N6O7.C2HF3O2/c25-24(26)30-10-8-15(9-11-30)6-7-19(31)27-14-20(32)28-17(13-21(33)34)22(35)29-18(23(36)37)12-16-4-2-1-3-5-16;3-2(4,5)1(6)7/h1-5,15,17-18H,6-14H2,(H3,25,26)(H,27,31)(H,28,32)(H,29,35)(H,33,34)(H,36,37);(H,6,7)/t17-,18-;/m0./s1. The number of hydrogen-bond donors (Lipinski definition) is 8. The summed E-state index contributed by atoms with van der Waals surface area (Å²) in [5, 5.41) is 40.2. The van der Waals surface area contributed by atoms with Crippen LogP contribution in [0.25, 0.3) is 0 Å². The first kappa shape index (κ1) is 37.1. The van der Waals surface area contributed by atoms with E-state index in [2.05, 4.69) is 16.0 Å². The molecule has 1 aromatic rings. The van der Waals surface area contributed by atoms with Crippen molar-refractivity contribution >= 4 is 41.6 Å². The van der Waals surface area contributed by atoms with Gasteiger partial charge in [0.05, 0.1) is 13.0 Å². The third-order valence-electron chi connectivity index (χ3n) is 6.35. The van der Waals surface area contributed by atoms with Crippen LogP contribution in [-0.4, -0.2) is 99.7 Å². The minimum atomic E-state index is -5.08. The second-order valence-electron chi connectivity index (χ2n) is 9.74. The summed E-state index contributed by atoms with van der Waals surface area (Å²) < 4.78 is 31.7. The van der Waals surface area contributed by atoms with E-state index >= 15 is 0 Å². The molecule has 18 heteroatoms. The molecular formula is C26H35F3N6O9. The van der Waals surface area contributed by atoms with Crippen molar-refractivity contribution in [1.29, 1.82) is 5.41 Å². The second-order valence-corrected chi connectivity index (χ2v) is 9.74. The Morgan fingerprint density at radius 1 is 0.955 bits per heavy atom. The fourth-order valence-electron chi connectivity index (χ4n) is 4.02. The number of carbonyl (C=O) groups excluding carboxylic acids is 3. The minimum absolute atomic E-state index is 0.0283. The number of rotatable bonds is 13. The maximum absolute atomic E-state index is 12.6. The van der Waals surface area contributed by atoms with Crippen LogP contribution in [-0.2, 0) is 35.2 Å². The second kappa shape index (κ2) is 17.9. The average Bonchev–Trinajstić information content (AvgIpc) is 2.94. The van der Waals surface area contributed by atoms with Gasteiger partial charge in [0.1, 0.15) is 12.1 Å². The molecule has 0 unspecified atom stereocenters. The number of hydrogen-bond acceptors (Lipinski definition) is 7. The van der Waals surface area contributed by atoms with Gasteiger partial charge in [-0.2, -0.15) is 13.2 Å². The lowest BCUT2D eigenvalue weighted by molar-refractivity contribution is -0.192. The van der Waals surface area contributed by atoms with Crippen LogP contribution in [0, 0.1) is 11.3 Å². The summed E-state index contributed by atoms with van der Waals surface area (Å²) in [5.41, 5.74) is 6.13. The maximum Gasteiger partial charge on any atom is 0.490 e. The van der Waals surface area contributed by atoms with E-state index < -0.39 is 60.9 Å². The summed E-state index contributed by atoms with van der Waals surface area (Å²) in [6.07, 6.45) is -3.46. The molecule has 0 aromatic heterocycles. The molecule has 44 heavy (non-hydrogen) atoms. The molecule has 1 fully saturated rings. The van der Waals surface area contributed by atoms with Gasteiger partial charge in [-0.25, -0.2) is 9.59 Å². The summed E-state index contributed by atoms with van der Waals surface area (Å²) in [6, 6.07) is 5.72. The van der Waals surface area contributed by atoms with Crippen LogP contribution in [0.4, 0.5) is 13.2 Å². The molecule has 1 aliphatic heterocycles. The quantitative estimate of drug-likeness (QED) is 0.105. The molecule has 0 radical (unpaired) electrons. The van der Waals surface area contributed by atoms with Crippen molar-refractivity contribution in [2.24, 2.45) is 11.7 Å². The molecule has 244 valence electrons. The number of carboxylic acids is 3. The highest BCUT2D eigenvalue weighted by atomic mass is 19.4. The zero-order valence-electron chi connectivity index (χ0n) is 23.4. The number of halogens is 3. The molecule has 2 rings (SSSR count). The van der Waals surface area contributed by atoms with Gasteiger partial charge < -0.3 is 41.9 Å². The molecule has 0 spiro atoms. The van der Waals surface area contributed by atoms with E-state index in [9.17, 15) is 42.3 Å². The largest absolute Gasteiger partial charge is 0.490 e. The van der Waals surface area contributed by atoms with E-state index in [0.29, 0.717) is 31.0 Å². The number of carboxylic acid groups (broad SMARTS) is 3. The van der Waals surface area contributed by atoms with E-state index in [1.807, 2.05) is 0 Å². The smallest absolute Gasteiger partial charge is 0.481 e. The summed E-state index contributed by atoms with van der Waals surface area (Å²) in [5.74, 6) is -7.19. The molecule has 1 saturated heterocycles. The highest BCUT2D eigenvalue weighted by Gasteiger charge is 2.38. The number of carbonyl (C=O) groups is 6. The Hall–Kier alpha value is -4.90. The monoisotopic (exact) mass is 632 g/mol. The van der Waals surface area contributed by atoms with Gasteiger partial charge in [0, 0.05) is 25.9 Å². The molecule has 2 atom stereocenters. The number of aliphatic carboxylic acids is 3. The SMILES string of the molecule is N=C(N)N1CCC(CCC(=O)NCC(=O)N[C@@H](CC(=O)O)C(=O)N[C@@H](Cc2ccccc2)C(=O)O)CC1.O=C(O)C(F)(F)F. The van der Waals surface area contributed by atoms with Crippen LogP contribution >= 0.6 is 0 Å². The van der Waals surface area contributed by atoms with Gasteiger partial charge >= 0.3 is 24.1 Å². The lowest BCUT2D eigenvalue weighted by Gasteiger charge is -2.32. The van der Waals surface area contributed by atoms with Crippen molar-refractivity contribution in [3.63, 3.8) is 0 Å². The number of alkyl halides is 3. The molecule has 1 aliphatic rings. The van der Waals surface area contributed by atoms with Crippen LogP contribution in [0.2, 0.25) is 0 Å². The zero-order chi connectivity index (χ0) is 33.4. The number of likely N-dealkylation sites (tertiary alicyclic amines) is 1. The fraction of sp³-hybridized carbons (Fsp3) is 0.500. The van der Waals surface area contributed by atoms with Gasteiger partial charge in [-0.3, -0.25) is 24.6 Å². The third kappa shape index (κ3) is 14.8. The van der Waals surface area contributed by atoms with Gasteiger partial charge in [-0.05, 0) is 30.7 Å². The zero-order valence-corrected chi connectivity index (χ0v) is 23.4. The highest BCUT2D eigenvalue weighted by molar-refractivity contribution is 5.94. The van der Waals surface area contributed by atoms with Crippen molar-refractivity contribution in [3.8, 4) is 0 Å². The van der Waals surface area contributed by atoms with Crippen LogP contribution < -0.4 is 21.7 Å². The van der Waals surface area contributed by atoms with E-state index in [1.54, 1.807) is 35.2 Å². The molecule has 15 nitrogen and oxygen atoms in total. The first-order valence-corrected chi connectivity index (χ1v) is 13.2. The Kier molecular flexibility index (Phi) is 15.1. The molecule has 1 heterocycles. The van der Waals surface area contributed by atoms with Gasteiger partial charge in [-0.15, -0.1) is 0 Å². The Morgan fingerprint density at radius 2 is 1.52 bits per heavy atom. The minimum Gasteiger partial charge on any atom is -0.481 e. The van der Waals surface area contributed by atoms with Crippen LogP contribution in [0.1, 0.15) is 37.7 Å². The molecule has 0 aliphatic carbocycles. The van der Waals surface area contributed by atoms with Gasteiger partial charge in [0.25, 0.3) is 0 Å². The third-order valence-corrected chi connectivity index (χ3v) is 6.35. The van der Waals surface area contributed by atoms with E-state index in [4.69, 9.17) is 26.2 Å². The van der Waals surface area contributed by atoms with Crippen molar-refractivity contribution in [2.45, 2.75) is 56.8 Å². The number of piperidine rings is 1. The highest BCUT2D eigenvalue weighted by Crippen LogP contribution is 2.21. The topological polar surface area (TPSA) is 252 Å². The number of guanidine groups is 1. The van der Waals surface area contributed by atoms with Gasteiger partial charge in [0.15, 0.2) is 5.96 Å². The predicted molar refractivity (Wildman–Crippen MR) is 146 cm³/mol. The Labute approximate surface area is 249 Å². The first-order valence-electron chi connectivity index (χ1n) is 13.2. The Balaban J connectivity index is 0.00000123. The van der Waals surface area contributed by atoms with Crippen molar-refractivity contribution in [1.82, 2.24) is 20.9 Å². The normalized spacial score (nSPS) is 14.6. The van der Waals surface area contributed by atoms with Gasteiger partial charge in [-0.1, -0.05) is 30.3 Å². The Morgan fingerprint density at radius 3 is 2.00 bits per heavy atom. The summed E-state index contributed by atoms with van der Waals surface area (Å²) in [4.78, 5) is 70.6. The molecule has 3 amide bonds. The summed E-state index contributed by atoms with van der Waals surface area (Å²) >= 11 is 0. The molecule has 9 N–H and O–H groups in total. The maximum atomic E-state index is 12.6. The summed E-state index contributed by atoms with van der Waals surface area (Å²) in [7, 11) is 0. The predicted octanol–water partition coefficient (Wildman–Crippen LogP) is -0.107. The van der Waals surface area contributed by atoms with E-state index in [-0.39, 0.29) is 24.7 Å². The molecule has 0 saturated carbocycles. The number of nitrogens with two attached hydrogens (primary N) is 1. The van der Waals surface area contributed by atoms with Crippen LogP contribution in [0.3, 0.4) is 0 Å². The van der Waals surface area contributed by atoms with Crippen LogP contribution in [0.5, 0.6) is 0 Å².